The van der Waals surface area contributed by atoms with Crippen LogP contribution in [0.4, 0.5) is 0 Å². The molecular formula is C4H10NO2S+. The van der Waals surface area contributed by atoms with Gasteiger partial charge in [0, 0.05) is 4.92 Å². The van der Waals surface area contributed by atoms with Gasteiger partial charge in [-0.3, -0.25) is 10.1 Å². The predicted molar refractivity (Wildman–Crippen MR) is 35.9 cm³/mol. The maximum atomic E-state index is 9.71. The summed E-state index contributed by atoms with van der Waals surface area (Å²) < 4.78 is 0. The normalized spacial score (nSPS) is 9.88. The molecule has 0 aliphatic heterocycles. The maximum absolute atomic E-state index is 9.71. The molecule has 0 saturated carbocycles. The quantitative estimate of drug-likeness (QED) is 0.314. The van der Waals surface area contributed by atoms with Crippen molar-refractivity contribution in [2.24, 2.45) is 0 Å². The molecule has 0 fully saturated rings. The third kappa shape index (κ3) is 5.75. The minimum Gasteiger partial charge on any atom is -0.264 e. The summed E-state index contributed by atoms with van der Waals surface area (Å²) >= 11 is 0. The fourth-order valence-corrected chi connectivity index (χ4v) is 0.771. The van der Waals surface area contributed by atoms with Crippen LogP contribution >= 0.6 is 0 Å². The van der Waals surface area contributed by atoms with Crippen molar-refractivity contribution >= 4 is 10.9 Å². The van der Waals surface area contributed by atoms with Crippen LogP contribution in [0.25, 0.3) is 0 Å². The number of nitro groups is 1. The Balaban J connectivity index is 3.05. The summed E-state index contributed by atoms with van der Waals surface area (Å²) in [4.78, 5) is 9.44. The highest BCUT2D eigenvalue weighted by molar-refractivity contribution is 7.95. The third-order valence-electron chi connectivity index (χ3n) is 0.682. The van der Waals surface area contributed by atoms with Crippen LogP contribution in [0.3, 0.4) is 0 Å². The lowest BCUT2D eigenvalue weighted by Gasteiger charge is -1.88. The van der Waals surface area contributed by atoms with Gasteiger partial charge in [0.2, 0.25) is 6.54 Å². The summed E-state index contributed by atoms with van der Waals surface area (Å²) in [5, 5.41) is 9.71. The monoisotopic (exact) mass is 136 g/mol. The van der Waals surface area contributed by atoms with Gasteiger partial charge in [0.25, 0.3) is 0 Å². The molecule has 4 heteroatoms. The average Bonchev–Trinajstić information content (AvgIpc) is 1.61. The van der Waals surface area contributed by atoms with Crippen molar-refractivity contribution in [2.75, 3.05) is 24.8 Å². The Morgan fingerprint density at radius 1 is 1.62 bits per heavy atom. The van der Waals surface area contributed by atoms with E-state index in [0.29, 0.717) is 5.75 Å². The zero-order valence-electron chi connectivity index (χ0n) is 5.09. The zero-order chi connectivity index (χ0) is 6.57. The van der Waals surface area contributed by atoms with Gasteiger partial charge in [-0.05, 0) is 10.9 Å². The fraction of sp³-hybridized carbons (Fsp3) is 1.00. The summed E-state index contributed by atoms with van der Waals surface area (Å²) in [5.41, 5.74) is 0. The molecule has 0 aromatic heterocycles. The molecule has 0 heterocycles. The van der Waals surface area contributed by atoms with E-state index in [0.717, 1.165) is 0 Å². The lowest BCUT2D eigenvalue weighted by Crippen LogP contribution is -2.12. The highest BCUT2D eigenvalue weighted by atomic mass is 32.2. The number of rotatable bonds is 3. The Kier molecular flexibility index (Phi) is 3.60. The second kappa shape index (κ2) is 3.72. The van der Waals surface area contributed by atoms with E-state index in [4.69, 9.17) is 0 Å². The SMILES string of the molecule is C[S+](C)CC[N+](=O)[O-]. The minimum atomic E-state index is -0.271. The lowest BCUT2D eigenvalue weighted by molar-refractivity contribution is -0.474. The van der Waals surface area contributed by atoms with Gasteiger partial charge in [-0.25, -0.2) is 0 Å². The standard InChI is InChI=1S/C4H10NO2S/c1-8(2)4-3-5(6)7/h3-4H2,1-2H3/q+1. The van der Waals surface area contributed by atoms with Crippen molar-refractivity contribution < 1.29 is 4.92 Å². The zero-order valence-corrected chi connectivity index (χ0v) is 5.90. The van der Waals surface area contributed by atoms with Crippen LogP contribution in [0.15, 0.2) is 0 Å². The van der Waals surface area contributed by atoms with E-state index >= 15 is 0 Å². The Bertz CT molecular complexity index is 84.1. The molecule has 3 nitrogen and oxygen atoms in total. The molecule has 0 amide bonds. The number of nitrogens with zero attached hydrogens (tertiary/aromatic N) is 1. The lowest BCUT2D eigenvalue weighted by atomic mass is 10.8. The fourth-order valence-electron chi connectivity index (χ4n) is 0.257. The van der Waals surface area contributed by atoms with Crippen molar-refractivity contribution in [3.63, 3.8) is 0 Å². The molecule has 0 atom stereocenters. The van der Waals surface area contributed by atoms with Gasteiger partial charge >= 0.3 is 0 Å². The largest absolute Gasteiger partial charge is 0.264 e. The summed E-state index contributed by atoms with van der Waals surface area (Å²) in [5.74, 6) is 0.715. The first-order valence-electron chi connectivity index (χ1n) is 2.29. The van der Waals surface area contributed by atoms with Crippen LogP contribution < -0.4 is 0 Å². The minimum absolute atomic E-state index is 0.121. The number of hydrogen-bond donors (Lipinski definition) is 0. The first-order chi connectivity index (χ1) is 3.63. The molecule has 0 aliphatic carbocycles. The summed E-state index contributed by atoms with van der Waals surface area (Å²) in [6, 6.07) is 0. The Morgan fingerprint density at radius 3 is 2.25 bits per heavy atom. The van der Waals surface area contributed by atoms with E-state index in [2.05, 4.69) is 0 Å². The molecule has 0 unspecified atom stereocenters. The van der Waals surface area contributed by atoms with Gasteiger partial charge in [-0.2, -0.15) is 0 Å². The van der Waals surface area contributed by atoms with Gasteiger partial charge in [0.1, 0.15) is 0 Å². The van der Waals surface area contributed by atoms with Crippen LogP contribution in [-0.2, 0) is 10.9 Å². The van der Waals surface area contributed by atoms with Crippen molar-refractivity contribution in [1.29, 1.82) is 0 Å². The van der Waals surface area contributed by atoms with E-state index in [1.807, 2.05) is 12.5 Å². The first-order valence-corrected chi connectivity index (χ1v) is 4.50. The smallest absolute Gasteiger partial charge is 0.247 e. The summed E-state index contributed by atoms with van der Waals surface area (Å²) in [6.45, 7) is 0.121. The maximum Gasteiger partial charge on any atom is 0.247 e. The van der Waals surface area contributed by atoms with E-state index < -0.39 is 0 Å². The second-order valence-electron chi connectivity index (χ2n) is 1.75. The summed E-state index contributed by atoms with van der Waals surface area (Å²) in [7, 11) is 0.222. The molecule has 48 valence electrons. The van der Waals surface area contributed by atoms with Gasteiger partial charge in [-0.15, -0.1) is 0 Å². The van der Waals surface area contributed by atoms with Gasteiger partial charge in [0.05, 0.1) is 12.5 Å². The van der Waals surface area contributed by atoms with Crippen molar-refractivity contribution in [3.8, 4) is 0 Å². The first kappa shape index (κ1) is 7.75. The van der Waals surface area contributed by atoms with E-state index in [9.17, 15) is 10.1 Å². The average molecular weight is 136 g/mol. The van der Waals surface area contributed by atoms with E-state index in [1.54, 1.807) is 0 Å². The third-order valence-corrected chi connectivity index (χ3v) is 1.68. The molecule has 0 radical (unpaired) electrons. The van der Waals surface area contributed by atoms with E-state index in [-0.39, 0.29) is 22.4 Å². The van der Waals surface area contributed by atoms with Crippen LogP contribution in [0.1, 0.15) is 0 Å². The molecule has 0 aliphatic rings. The Labute approximate surface area is 51.6 Å². The predicted octanol–water partition coefficient (Wildman–Crippen LogP) is 0.141. The molecular weight excluding hydrogens is 126 g/mol. The van der Waals surface area contributed by atoms with Crippen molar-refractivity contribution in [2.45, 2.75) is 0 Å². The van der Waals surface area contributed by atoms with Gasteiger partial charge in [-0.1, -0.05) is 0 Å². The molecule has 0 rings (SSSR count). The molecule has 0 aromatic rings. The highest BCUT2D eigenvalue weighted by Crippen LogP contribution is 1.82. The Hall–Kier alpha value is -0.250. The molecule has 0 N–H and O–H groups in total. The van der Waals surface area contributed by atoms with Crippen LogP contribution in [0.5, 0.6) is 0 Å². The van der Waals surface area contributed by atoms with Crippen molar-refractivity contribution in [1.82, 2.24) is 0 Å². The van der Waals surface area contributed by atoms with Crippen LogP contribution in [-0.4, -0.2) is 29.7 Å². The molecule has 8 heavy (non-hydrogen) atoms. The number of hydrogen-bond acceptors (Lipinski definition) is 2. The van der Waals surface area contributed by atoms with Crippen LogP contribution in [0.2, 0.25) is 0 Å². The molecule has 0 bridgehead atoms. The molecule has 0 spiro atoms. The van der Waals surface area contributed by atoms with Gasteiger partial charge in [0.15, 0.2) is 5.75 Å². The Morgan fingerprint density at radius 2 is 2.12 bits per heavy atom. The van der Waals surface area contributed by atoms with Crippen molar-refractivity contribution in [3.05, 3.63) is 10.1 Å². The highest BCUT2D eigenvalue weighted by Gasteiger charge is 2.06. The van der Waals surface area contributed by atoms with E-state index in [1.165, 1.54) is 0 Å². The second-order valence-corrected chi connectivity index (χ2v) is 4.13. The topological polar surface area (TPSA) is 43.1 Å². The molecule has 0 aromatic carbocycles. The summed E-state index contributed by atoms with van der Waals surface area (Å²) in [6.07, 6.45) is 4.01. The van der Waals surface area contributed by atoms with Crippen LogP contribution in [0, 0.1) is 10.1 Å². The molecule has 0 saturated heterocycles. The van der Waals surface area contributed by atoms with Gasteiger partial charge < -0.3 is 0 Å².